The molecule has 1 N–H and O–H groups in total. The first kappa shape index (κ1) is 20.3. The number of unbranched alkanes of at least 4 members (excludes halogenated alkanes) is 1. The summed E-state index contributed by atoms with van der Waals surface area (Å²) in [5.74, 6) is -0.808. The minimum absolute atomic E-state index is 0.111. The zero-order valence-corrected chi connectivity index (χ0v) is 17.9. The highest BCUT2D eigenvalue weighted by Crippen LogP contribution is 2.30. The minimum Gasteiger partial charge on any atom is -0.371 e. The van der Waals surface area contributed by atoms with E-state index in [0.29, 0.717) is 6.54 Å². The van der Waals surface area contributed by atoms with Gasteiger partial charge in [-0.3, -0.25) is 19.8 Å². The van der Waals surface area contributed by atoms with Crippen LogP contribution >= 0.6 is 12.2 Å². The van der Waals surface area contributed by atoms with Gasteiger partial charge in [0.15, 0.2) is 5.11 Å². The summed E-state index contributed by atoms with van der Waals surface area (Å²) in [5, 5.41) is 2.80. The average Bonchev–Trinajstić information content (AvgIpc) is 3.15. The lowest BCUT2D eigenvalue weighted by Gasteiger charge is -2.29. The Bertz CT molecular complexity index is 1020. The van der Waals surface area contributed by atoms with Gasteiger partial charge in [-0.25, -0.2) is 0 Å². The maximum atomic E-state index is 13.1. The molecule has 2 aromatic rings. The summed E-state index contributed by atoms with van der Waals surface area (Å²) in [7, 11) is 0. The van der Waals surface area contributed by atoms with Crippen LogP contribution in [0.3, 0.4) is 0 Å². The molecule has 2 aliphatic rings. The van der Waals surface area contributed by atoms with E-state index in [2.05, 4.69) is 29.3 Å². The van der Waals surface area contributed by atoms with Crippen LogP contribution in [0.25, 0.3) is 6.08 Å². The van der Waals surface area contributed by atoms with Gasteiger partial charge in [-0.05, 0) is 60.0 Å². The third-order valence-corrected chi connectivity index (χ3v) is 5.88. The van der Waals surface area contributed by atoms with Gasteiger partial charge >= 0.3 is 0 Å². The van der Waals surface area contributed by atoms with Crippen molar-refractivity contribution in [2.45, 2.75) is 32.7 Å². The molecule has 30 heavy (non-hydrogen) atoms. The number of fused-ring (bicyclic) bond motifs is 1. The Labute approximate surface area is 182 Å². The molecule has 2 aliphatic heterocycles. The zero-order chi connectivity index (χ0) is 21.1. The highest BCUT2D eigenvalue weighted by molar-refractivity contribution is 7.80. The van der Waals surface area contributed by atoms with E-state index in [9.17, 15) is 9.59 Å². The van der Waals surface area contributed by atoms with Crippen LogP contribution in [0.4, 0.5) is 5.69 Å². The second kappa shape index (κ2) is 8.79. The van der Waals surface area contributed by atoms with Gasteiger partial charge in [-0.1, -0.05) is 49.7 Å². The van der Waals surface area contributed by atoms with Gasteiger partial charge < -0.3 is 4.90 Å². The number of carbonyl (C=O) groups is 2. The molecule has 0 aromatic heterocycles. The molecule has 2 aromatic carbocycles. The molecule has 0 radical (unpaired) electrons. The van der Waals surface area contributed by atoms with E-state index >= 15 is 0 Å². The molecule has 0 unspecified atom stereocenters. The van der Waals surface area contributed by atoms with Gasteiger partial charge in [0.05, 0.1) is 6.54 Å². The zero-order valence-electron chi connectivity index (χ0n) is 17.1. The number of thiocarbonyl (C=S) groups is 1. The van der Waals surface area contributed by atoms with E-state index in [1.165, 1.54) is 29.0 Å². The topological polar surface area (TPSA) is 52.7 Å². The van der Waals surface area contributed by atoms with Gasteiger partial charge in [0, 0.05) is 18.8 Å². The molecule has 0 saturated carbocycles. The molecule has 1 fully saturated rings. The maximum Gasteiger partial charge on any atom is 0.265 e. The van der Waals surface area contributed by atoms with Crippen LogP contribution in [-0.4, -0.2) is 34.9 Å². The largest absolute Gasteiger partial charge is 0.371 e. The van der Waals surface area contributed by atoms with E-state index in [0.717, 1.165) is 30.6 Å². The van der Waals surface area contributed by atoms with Crippen LogP contribution in [0.2, 0.25) is 0 Å². The molecule has 2 amide bonds. The van der Waals surface area contributed by atoms with Crippen molar-refractivity contribution in [3.05, 3.63) is 70.8 Å². The van der Waals surface area contributed by atoms with E-state index in [1.807, 2.05) is 36.4 Å². The number of nitrogens with zero attached hydrogens (tertiary/aromatic N) is 2. The van der Waals surface area contributed by atoms with Crippen molar-refractivity contribution in [2.75, 3.05) is 18.0 Å². The Morgan fingerprint density at radius 1 is 1.13 bits per heavy atom. The number of nitrogens with one attached hydrogen (secondary N) is 1. The molecule has 0 bridgehead atoms. The predicted molar refractivity (Wildman–Crippen MR) is 123 cm³/mol. The van der Waals surface area contributed by atoms with Crippen molar-refractivity contribution in [2.24, 2.45) is 0 Å². The quantitative estimate of drug-likeness (QED) is 0.441. The number of hydrogen-bond acceptors (Lipinski definition) is 4. The van der Waals surface area contributed by atoms with Crippen LogP contribution in [0, 0.1) is 0 Å². The first-order valence-electron chi connectivity index (χ1n) is 10.4. The number of amides is 2. The number of anilines is 1. The number of hydrogen-bond donors (Lipinski definition) is 1. The number of carbonyl (C=O) groups excluding carboxylic acids is 2. The second-order valence-electron chi connectivity index (χ2n) is 7.67. The summed E-state index contributed by atoms with van der Waals surface area (Å²) in [6.07, 6.45) is 5.01. The first-order valence-corrected chi connectivity index (χ1v) is 10.8. The van der Waals surface area contributed by atoms with Crippen LogP contribution in [0.15, 0.2) is 54.1 Å². The van der Waals surface area contributed by atoms with E-state index in [-0.39, 0.29) is 16.6 Å². The van der Waals surface area contributed by atoms with E-state index in [1.54, 1.807) is 6.08 Å². The van der Waals surface area contributed by atoms with E-state index < -0.39 is 5.91 Å². The average molecular weight is 420 g/mol. The van der Waals surface area contributed by atoms with Crippen molar-refractivity contribution in [1.29, 1.82) is 0 Å². The van der Waals surface area contributed by atoms with Crippen LogP contribution < -0.4 is 10.2 Å². The van der Waals surface area contributed by atoms with Gasteiger partial charge in [0.25, 0.3) is 11.8 Å². The summed E-state index contributed by atoms with van der Waals surface area (Å²) in [4.78, 5) is 29.4. The minimum atomic E-state index is -0.445. The molecule has 5 nitrogen and oxygen atoms in total. The lowest BCUT2D eigenvalue weighted by Crippen LogP contribution is -2.53. The Balaban J connectivity index is 1.57. The van der Waals surface area contributed by atoms with Crippen LogP contribution in [0.1, 0.15) is 36.5 Å². The van der Waals surface area contributed by atoms with Gasteiger partial charge in [0.2, 0.25) is 0 Å². The fraction of sp³-hybridized carbons (Fsp3) is 0.292. The Morgan fingerprint density at radius 3 is 2.70 bits per heavy atom. The van der Waals surface area contributed by atoms with Crippen molar-refractivity contribution in [3.8, 4) is 0 Å². The van der Waals surface area contributed by atoms with Crippen LogP contribution in [0.5, 0.6) is 0 Å². The monoisotopic (exact) mass is 419 g/mol. The molecular weight excluding hydrogens is 394 g/mol. The van der Waals surface area contributed by atoms with Crippen molar-refractivity contribution in [3.63, 3.8) is 0 Å². The summed E-state index contributed by atoms with van der Waals surface area (Å²) in [6.45, 7) is 4.61. The second-order valence-corrected chi connectivity index (χ2v) is 8.06. The molecule has 6 heteroatoms. The van der Waals surface area contributed by atoms with Crippen LogP contribution in [-0.2, 0) is 22.6 Å². The summed E-state index contributed by atoms with van der Waals surface area (Å²) in [6, 6.07) is 15.8. The van der Waals surface area contributed by atoms with Gasteiger partial charge in [-0.15, -0.1) is 0 Å². The molecule has 0 atom stereocenters. The standard InChI is InChI=1S/C24H25N3O2S/c1-2-3-12-26-13-11-19-14-18(9-10-21(19)26)15-20-22(28)25-24(30)27(23(20)29)16-17-7-5-4-6-8-17/h4-10,14-15H,2-3,11-13,16H2,1H3,(H,25,28,30). The highest BCUT2D eigenvalue weighted by atomic mass is 32.1. The smallest absolute Gasteiger partial charge is 0.265 e. The normalized spacial score (nSPS) is 17.5. The van der Waals surface area contributed by atoms with Gasteiger partial charge in [-0.2, -0.15) is 0 Å². The molecule has 154 valence electrons. The lowest BCUT2D eigenvalue weighted by molar-refractivity contribution is -0.129. The first-order chi connectivity index (χ1) is 14.6. The fourth-order valence-electron chi connectivity index (χ4n) is 3.93. The van der Waals surface area contributed by atoms with Crippen molar-refractivity contribution >= 4 is 40.9 Å². The number of benzene rings is 2. The third kappa shape index (κ3) is 4.14. The molecule has 0 spiro atoms. The summed E-state index contributed by atoms with van der Waals surface area (Å²) in [5.41, 5.74) is 4.45. The molecule has 0 aliphatic carbocycles. The van der Waals surface area contributed by atoms with Crippen molar-refractivity contribution in [1.82, 2.24) is 10.2 Å². The predicted octanol–water partition coefficient (Wildman–Crippen LogP) is 3.68. The highest BCUT2D eigenvalue weighted by Gasteiger charge is 2.33. The third-order valence-electron chi connectivity index (χ3n) is 5.56. The fourth-order valence-corrected chi connectivity index (χ4v) is 4.17. The molecule has 2 heterocycles. The number of rotatable bonds is 6. The van der Waals surface area contributed by atoms with Gasteiger partial charge in [0.1, 0.15) is 5.57 Å². The lowest BCUT2D eigenvalue weighted by atomic mass is 10.0. The molecule has 4 rings (SSSR count). The van der Waals surface area contributed by atoms with Crippen molar-refractivity contribution < 1.29 is 9.59 Å². The molecular formula is C24H25N3O2S. The van der Waals surface area contributed by atoms with E-state index in [4.69, 9.17) is 12.2 Å². The summed E-state index contributed by atoms with van der Waals surface area (Å²) >= 11 is 5.25. The molecule has 1 saturated heterocycles. The Morgan fingerprint density at radius 2 is 1.93 bits per heavy atom. The Kier molecular flexibility index (Phi) is 5.95. The summed E-state index contributed by atoms with van der Waals surface area (Å²) < 4.78 is 0. The maximum absolute atomic E-state index is 13.1. The SMILES string of the molecule is CCCCN1CCc2cc(C=C3C(=O)NC(=S)N(Cc4ccccc4)C3=O)ccc21. The Hall–Kier alpha value is -2.99.